The van der Waals surface area contributed by atoms with Gasteiger partial charge in [-0.05, 0) is 38.1 Å². The molecule has 0 aromatic carbocycles. The van der Waals surface area contributed by atoms with Crippen molar-refractivity contribution in [1.29, 1.82) is 0 Å². The highest BCUT2D eigenvalue weighted by molar-refractivity contribution is 7.16. The van der Waals surface area contributed by atoms with Crippen LogP contribution in [0.25, 0.3) is 11.3 Å². The molecule has 3 aromatic heterocycles. The molecule has 0 aliphatic heterocycles. The van der Waals surface area contributed by atoms with E-state index in [1.54, 1.807) is 45.4 Å². The van der Waals surface area contributed by atoms with Crippen molar-refractivity contribution in [2.24, 2.45) is 5.41 Å². The van der Waals surface area contributed by atoms with Gasteiger partial charge in [-0.3, -0.25) is 9.59 Å². The Morgan fingerprint density at radius 2 is 2.18 bits per heavy atom. The number of nitrogens with zero attached hydrogens (tertiary/aromatic N) is 2. The van der Waals surface area contributed by atoms with Gasteiger partial charge in [-0.15, -0.1) is 11.3 Å². The molecule has 148 valence electrons. The van der Waals surface area contributed by atoms with Gasteiger partial charge in [0.2, 0.25) is 0 Å². The summed E-state index contributed by atoms with van der Waals surface area (Å²) in [4.78, 5) is 28.9. The van der Waals surface area contributed by atoms with Gasteiger partial charge in [-0.2, -0.15) is 9.78 Å². The summed E-state index contributed by atoms with van der Waals surface area (Å²) in [6.07, 6.45) is 1.55. The zero-order chi connectivity index (χ0) is 20.3. The maximum Gasteiger partial charge on any atom is 0.257 e. The molecule has 2 N–H and O–H groups in total. The van der Waals surface area contributed by atoms with Crippen LogP contribution in [-0.4, -0.2) is 34.4 Å². The minimum atomic E-state index is -0.788. The van der Waals surface area contributed by atoms with Crippen LogP contribution in [-0.2, 0) is 11.3 Å². The number of hydrogen-bond donors (Lipinski definition) is 2. The maximum atomic E-state index is 13.1. The summed E-state index contributed by atoms with van der Waals surface area (Å²) in [7, 11) is 1.55. The van der Waals surface area contributed by atoms with Crippen LogP contribution in [0.5, 0.6) is 0 Å². The van der Waals surface area contributed by atoms with Gasteiger partial charge in [-0.25, -0.2) is 0 Å². The normalized spacial score (nSPS) is 11.6. The van der Waals surface area contributed by atoms with Crippen LogP contribution in [0, 0.1) is 5.41 Å². The number of carbonyl (C=O) groups is 1. The molecule has 0 saturated heterocycles. The van der Waals surface area contributed by atoms with Crippen LogP contribution in [0.3, 0.4) is 0 Å². The number of hydrogen-bond acceptors (Lipinski definition) is 6. The van der Waals surface area contributed by atoms with Gasteiger partial charge < -0.3 is 15.0 Å². The zero-order valence-corrected chi connectivity index (χ0v) is 17.4. The maximum absolute atomic E-state index is 13.1. The van der Waals surface area contributed by atoms with Crippen molar-refractivity contribution in [3.8, 4) is 11.3 Å². The summed E-state index contributed by atoms with van der Waals surface area (Å²) >= 11 is 7.44. The van der Waals surface area contributed by atoms with Crippen molar-refractivity contribution in [3.63, 3.8) is 0 Å². The number of aromatic amines is 1. The standard InChI is InChI=1S/C19H21ClN4O3S/c1-19(2,11-27-3)18(26)24-16(22-10-12-6-7-15(20)28-12)9-14(23-24)13-5-4-8-21-17(13)25/h4-9,22H,10-11H2,1-3H3,(H,21,25). The van der Waals surface area contributed by atoms with Crippen molar-refractivity contribution in [3.05, 3.63) is 56.1 Å². The molecule has 3 rings (SSSR count). The molecule has 7 nitrogen and oxygen atoms in total. The summed E-state index contributed by atoms with van der Waals surface area (Å²) in [6.45, 7) is 4.30. The second-order valence-electron chi connectivity index (χ2n) is 6.92. The summed E-state index contributed by atoms with van der Waals surface area (Å²) in [5.74, 6) is 0.261. The third-order valence-electron chi connectivity index (χ3n) is 4.15. The molecular weight excluding hydrogens is 400 g/mol. The van der Waals surface area contributed by atoms with Gasteiger partial charge in [0, 0.05) is 24.3 Å². The van der Waals surface area contributed by atoms with Gasteiger partial charge in [0.05, 0.1) is 28.5 Å². The van der Waals surface area contributed by atoms with E-state index in [1.807, 2.05) is 12.1 Å². The molecule has 0 unspecified atom stereocenters. The number of thiophene rings is 1. The first kappa shape index (κ1) is 20.3. The Balaban J connectivity index is 1.99. The molecule has 0 aliphatic rings. The zero-order valence-electron chi connectivity index (χ0n) is 15.8. The van der Waals surface area contributed by atoms with Crippen molar-refractivity contribution < 1.29 is 9.53 Å². The number of H-pyrrole nitrogens is 1. The fraction of sp³-hybridized carbons (Fsp3) is 0.316. The summed E-state index contributed by atoms with van der Waals surface area (Å²) in [6, 6.07) is 8.81. The van der Waals surface area contributed by atoms with E-state index < -0.39 is 5.41 Å². The molecular formula is C19H21ClN4O3S. The van der Waals surface area contributed by atoms with Crippen molar-refractivity contribution in [1.82, 2.24) is 14.8 Å². The number of halogens is 1. The Bertz CT molecular complexity index is 1040. The molecule has 0 saturated carbocycles. The highest BCUT2D eigenvalue weighted by atomic mass is 35.5. The van der Waals surface area contributed by atoms with E-state index in [0.717, 1.165) is 4.88 Å². The average molecular weight is 421 g/mol. The van der Waals surface area contributed by atoms with E-state index in [0.29, 0.717) is 28.0 Å². The number of pyridine rings is 1. The molecule has 28 heavy (non-hydrogen) atoms. The number of ether oxygens (including phenoxy) is 1. The van der Waals surface area contributed by atoms with E-state index >= 15 is 0 Å². The lowest BCUT2D eigenvalue weighted by molar-refractivity contribution is 0.0529. The molecule has 0 fully saturated rings. The average Bonchev–Trinajstić information content (AvgIpc) is 3.25. The summed E-state index contributed by atoms with van der Waals surface area (Å²) < 4.78 is 7.18. The second kappa shape index (κ2) is 8.30. The first-order valence-electron chi connectivity index (χ1n) is 8.62. The second-order valence-corrected chi connectivity index (χ2v) is 8.72. The number of carbonyl (C=O) groups excluding carboxylic acids is 1. The predicted octanol–water partition coefficient (Wildman–Crippen LogP) is 3.88. The topological polar surface area (TPSA) is 89.0 Å². The predicted molar refractivity (Wildman–Crippen MR) is 111 cm³/mol. The molecule has 3 aromatic rings. The monoisotopic (exact) mass is 420 g/mol. The molecule has 0 bridgehead atoms. The quantitative estimate of drug-likeness (QED) is 0.605. The minimum absolute atomic E-state index is 0.236. The largest absolute Gasteiger partial charge is 0.384 e. The van der Waals surface area contributed by atoms with Crippen LogP contribution in [0.15, 0.2) is 41.3 Å². The Labute approximate surface area is 171 Å². The Hall–Kier alpha value is -2.42. The number of methoxy groups -OCH3 is 1. The van der Waals surface area contributed by atoms with Gasteiger partial charge in [0.25, 0.3) is 11.5 Å². The molecule has 3 heterocycles. The van der Waals surface area contributed by atoms with Crippen molar-refractivity contribution >= 4 is 34.7 Å². The van der Waals surface area contributed by atoms with E-state index in [9.17, 15) is 9.59 Å². The van der Waals surface area contributed by atoms with Crippen LogP contribution in [0.2, 0.25) is 4.34 Å². The highest BCUT2D eigenvalue weighted by Crippen LogP contribution is 2.27. The number of nitrogens with one attached hydrogen (secondary N) is 2. The fourth-order valence-electron chi connectivity index (χ4n) is 2.75. The first-order chi connectivity index (χ1) is 13.3. The van der Waals surface area contributed by atoms with Gasteiger partial charge in [-0.1, -0.05) is 11.6 Å². The SMILES string of the molecule is COCC(C)(C)C(=O)n1nc(-c2ccc[nH]c2=O)cc1NCc1ccc(Cl)s1. The highest BCUT2D eigenvalue weighted by Gasteiger charge is 2.32. The minimum Gasteiger partial charge on any atom is -0.384 e. The van der Waals surface area contributed by atoms with Gasteiger partial charge in [0.1, 0.15) is 11.5 Å². The fourth-order valence-corrected chi connectivity index (χ4v) is 3.78. The van der Waals surface area contributed by atoms with E-state index in [-0.39, 0.29) is 18.1 Å². The van der Waals surface area contributed by atoms with Crippen molar-refractivity contribution in [2.45, 2.75) is 20.4 Å². The van der Waals surface area contributed by atoms with E-state index in [4.69, 9.17) is 16.3 Å². The van der Waals surface area contributed by atoms with E-state index in [1.165, 1.54) is 16.0 Å². The molecule has 0 spiro atoms. The Kier molecular flexibility index (Phi) is 6.02. The number of rotatable bonds is 7. The third kappa shape index (κ3) is 4.35. The lowest BCUT2D eigenvalue weighted by atomic mass is 9.94. The van der Waals surface area contributed by atoms with E-state index in [2.05, 4.69) is 15.4 Å². The summed E-state index contributed by atoms with van der Waals surface area (Å²) in [5.41, 5.74) is -0.257. The third-order valence-corrected chi connectivity index (χ3v) is 5.38. The summed E-state index contributed by atoms with van der Waals surface area (Å²) in [5, 5.41) is 7.64. The Morgan fingerprint density at radius 1 is 1.39 bits per heavy atom. The lowest BCUT2D eigenvalue weighted by Crippen LogP contribution is -2.35. The molecule has 0 atom stereocenters. The van der Waals surface area contributed by atoms with Crippen LogP contribution < -0.4 is 10.9 Å². The lowest BCUT2D eigenvalue weighted by Gasteiger charge is -2.22. The Morgan fingerprint density at radius 3 is 2.82 bits per heavy atom. The number of anilines is 1. The van der Waals surface area contributed by atoms with Gasteiger partial charge >= 0.3 is 0 Å². The molecule has 0 amide bonds. The smallest absolute Gasteiger partial charge is 0.257 e. The first-order valence-corrected chi connectivity index (χ1v) is 9.81. The van der Waals surface area contributed by atoms with Crippen LogP contribution in [0.4, 0.5) is 5.82 Å². The molecule has 0 aliphatic carbocycles. The van der Waals surface area contributed by atoms with Gasteiger partial charge in [0.15, 0.2) is 0 Å². The van der Waals surface area contributed by atoms with Crippen LogP contribution >= 0.6 is 22.9 Å². The molecule has 0 radical (unpaired) electrons. The van der Waals surface area contributed by atoms with Crippen molar-refractivity contribution in [2.75, 3.05) is 19.0 Å². The molecule has 9 heteroatoms. The number of aromatic nitrogens is 3. The van der Waals surface area contributed by atoms with Crippen LogP contribution in [0.1, 0.15) is 23.5 Å².